The van der Waals surface area contributed by atoms with Gasteiger partial charge in [0.15, 0.2) is 0 Å². The summed E-state index contributed by atoms with van der Waals surface area (Å²) in [5.41, 5.74) is 4.43. The molecule has 12 heteroatoms. The molecule has 12 nitrogen and oxygen atoms in total. The van der Waals surface area contributed by atoms with Crippen LogP contribution >= 0.6 is 0 Å². The van der Waals surface area contributed by atoms with Crippen LogP contribution in [0.3, 0.4) is 0 Å². The maximum atomic E-state index is 13.7. The highest BCUT2D eigenvalue weighted by Crippen LogP contribution is 2.30. The van der Waals surface area contributed by atoms with Gasteiger partial charge in [-0.2, -0.15) is 15.5 Å². The van der Waals surface area contributed by atoms with Crippen molar-refractivity contribution in [2.24, 2.45) is 14.1 Å². The van der Waals surface area contributed by atoms with Crippen LogP contribution in [0, 0.1) is 11.3 Å². The van der Waals surface area contributed by atoms with Crippen molar-refractivity contribution in [2.75, 3.05) is 10.2 Å². The molecule has 0 unspecified atom stereocenters. The van der Waals surface area contributed by atoms with Gasteiger partial charge in [0.1, 0.15) is 23.3 Å². The second kappa shape index (κ2) is 12.7. The Bertz CT molecular complexity index is 1760. The molecule has 1 fully saturated rings. The van der Waals surface area contributed by atoms with Crippen LogP contribution < -0.4 is 15.5 Å². The number of amides is 2. The van der Waals surface area contributed by atoms with E-state index in [1.54, 1.807) is 26.7 Å². The summed E-state index contributed by atoms with van der Waals surface area (Å²) in [6.07, 6.45) is 12.0. The van der Waals surface area contributed by atoms with Crippen molar-refractivity contribution in [3.63, 3.8) is 0 Å². The Morgan fingerprint density at radius 1 is 0.977 bits per heavy atom. The highest BCUT2D eigenvalue weighted by Gasteiger charge is 2.31. The van der Waals surface area contributed by atoms with Gasteiger partial charge in [0, 0.05) is 62.4 Å². The summed E-state index contributed by atoms with van der Waals surface area (Å²) in [5.74, 6) is 1.06. The van der Waals surface area contributed by atoms with Crippen molar-refractivity contribution >= 4 is 17.8 Å². The lowest BCUT2D eigenvalue weighted by Crippen LogP contribution is -2.49. The highest BCUT2D eigenvalue weighted by molar-refractivity contribution is 5.91. The summed E-state index contributed by atoms with van der Waals surface area (Å²) in [4.78, 5) is 29.2. The summed E-state index contributed by atoms with van der Waals surface area (Å²) in [6, 6.07) is 17.6. The average molecular weight is 588 g/mol. The molecular formula is C32H33N11O. The Morgan fingerprint density at radius 3 is 2.45 bits per heavy atom. The van der Waals surface area contributed by atoms with Crippen molar-refractivity contribution in [1.29, 1.82) is 5.26 Å². The first kappa shape index (κ1) is 28.5. The topological polar surface area (TPSA) is 142 Å². The lowest BCUT2D eigenvalue weighted by molar-refractivity contribution is 0.240. The number of nitrogens with zero attached hydrogens (tertiary/aromatic N) is 9. The molecular weight excluding hydrogens is 554 g/mol. The number of urea groups is 1. The first-order valence-corrected chi connectivity index (χ1v) is 14.6. The second-order valence-corrected chi connectivity index (χ2v) is 10.9. The Hall–Kier alpha value is -5.57. The lowest BCUT2D eigenvalue weighted by atomic mass is 9.90. The van der Waals surface area contributed by atoms with Gasteiger partial charge < -0.3 is 10.6 Å². The standard InChI is InChI=1S/C32H33N11O/c1-41-15-14-28(40-41)30-24(16-33)19-35-31(39-30)38-26-9-11-27(12-10-26)43(32(44)36-17-22-6-4-3-5-7-22)29-13-8-23(18-34-29)25-20-37-42(2)21-25/h3-8,13-15,18-21,26-27H,9-12,17H2,1-2H3,(H,36,44)(H,35,38,39). The molecule has 1 aliphatic carbocycles. The number of carbonyl (C=O) groups excluding carboxylic acids is 1. The predicted octanol–water partition coefficient (Wildman–Crippen LogP) is 4.68. The van der Waals surface area contributed by atoms with Crippen LogP contribution in [0.25, 0.3) is 22.5 Å². The molecule has 0 aliphatic heterocycles. The average Bonchev–Trinajstić information content (AvgIpc) is 3.70. The predicted molar refractivity (Wildman–Crippen MR) is 166 cm³/mol. The van der Waals surface area contributed by atoms with Gasteiger partial charge in [-0.15, -0.1) is 0 Å². The van der Waals surface area contributed by atoms with Crippen LogP contribution in [-0.2, 0) is 20.6 Å². The molecule has 5 aromatic rings. The van der Waals surface area contributed by atoms with Gasteiger partial charge in [-0.25, -0.2) is 19.7 Å². The maximum absolute atomic E-state index is 13.7. The van der Waals surface area contributed by atoms with Gasteiger partial charge in [-0.05, 0) is 49.4 Å². The largest absolute Gasteiger partial charge is 0.351 e. The number of aryl methyl sites for hydroxylation is 2. The molecule has 2 N–H and O–H groups in total. The van der Waals surface area contributed by atoms with Crippen LogP contribution in [0.15, 0.2) is 79.5 Å². The molecule has 0 atom stereocenters. The molecule has 222 valence electrons. The van der Waals surface area contributed by atoms with Crippen LogP contribution in [0.4, 0.5) is 16.6 Å². The first-order valence-electron chi connectivity index (χ1n) is 14.6. The van der Waals surface area contributed by atoms with Crippen molar-refractivity contribution in [1.82, 2.24) is 39.8 Å². The molecule has 6 rings (SSSR count). The highest BCUT2D eigenvalue weighted by atomic mass is 16.2. The number of hydrogen-bond acceptors (Lipinski definition) is 8. The second-order valence-electron chi connectivity index (χ2n) is 10.9. The number of anilines is 2. The van der Waals surface area contributed by atoms with Gasteiger partial charge in [-0.3, -0.25) is 14.3 Å². The molecule has 0 bridgehead atoms. The Kier molecular flexibility index (Phi) is 8.27. The van der Waals surface area contributed by atoms with Crippen LogP contribution in [0.5, 0.6) is 0 Å². The number of pyridine rings is 1. The summed E-state index contributed by atoms with van der Waals surface area (Å²) < 4.78 is 3.43. The zero-order valence-corrected chi connectivity index (χ0v) is 24.6. The maximum Gasteiger partial charge on any atom is 0.323 e. The zero-order valence-electron chi connectivity index (χ0n) is 24.6. The van der Waals surface area contributed by atoms with E-state index in [4.69, 9.17) is 4.98 Å². The number of benzene rings is 1. The SMILES string of the molecule is Cn1cc(-c2ccc(N(C(=O)NCc3ccccc3)C3CCC(Nc4ncc(C#N)c(-c5ccn(C)n5)n4)CC3)nc2)cn1. The minimum atomic E-state index is -0.178. The van der Waals surface area contributed by atoms with Gasteiger partial charge in [0.25, 0.3) is 0 Å². The van der Waals surface area contributed by atoms with Gasteiger partial charge in [0.05, 0.1) is 18.0 Å². The summed E-state index contributed by atoms with van der Waals surface area (Å²) in [5, 5.41) is 24.8. The van der Waals surface area contributed by atoms with E-state index in [-0.39, 0.29) is 18.1 Å². The number of nitrogens with one attached hydrogen (secondary N) is 2. The van der Waals surface area contributed by atoms with E-state index in [0.29, 0.717) is 35.3 Å². The van der Waals surface area contributed by atoms with E-state index in [0.717, 1.165) is 42.4 Å². The Morgan fingerprint density at radius 2 is 1.80 bits per heavy atom. The van der Waals surface area contributed by atoms with E-state index in [2.05, 4.69) is 36.9 Å². The van der Waals surface area contributed by atoms with E-state index in [1.807, 2.05) is 75.0 Å². The quantitative estimate of drug-likeness (QED) is 0.266. The zero-order chi connectivity index (χ0) is 30.5. The molecule has 1 saturated carbocycles. The number of rotatable bonds is 8. The minimum Gasteiger partial charge on any atom is -0.351 e. The van der Waals surface area contributed by atoms with E-state index < -0.39 is 0 Å². The van der Waals surface area contributed by atoms with Crippen molar-refractivity contribution in [2.45, 2.75) is 44.3 Å². The van der Waals surface area contributed by atoms with Crippen LogP contribution in [0.2, 0.25) is 0 Å². The fourth-order valence-electron chi connectivity index (χ4n) is 5.52. The third-order valence-electron chi connectivity index (χ3n) is 7.80. The molecule has 44 heavy (non-hydrogen) atoms. The van der Waals surface area contributed by atoms with Crippen molar-refractivity contribution < 1.29 is 4.79 Å². The molecule has 0 saturated heterocycles. The third kappa shape index (κ3) is 6.42. The van der Waals surface area contributed by atoms with Crippen LogP contribution in [0.1, 0.15) is 36.8 Å². The van der Waals surface area contributed by atoms with E-state index in [9.17, 15) is 10.1 Å². The molecule has 0 spiro atoms. The van der Waals surface area contributed by atoms with Gasteiger partial charge in [0.2, 0.25) is 5.95 Å². The monoisotopic (exact) mass is 587 g/mol. The Balaban J connectivity index is 1.17. The van der Waals surface area contributed by atoms with E-state index in [1.165, 1.54) is 6.20 Å². The van der Waals surface area contributed by atoms with Crippen LogP contribution in [-0.4, -0.2) is 52.6 Å². The molecule has 4 heterocycles. The minimum absolute atomic E-state index is 0.0356. The first-order chi connectivity index (χ1) is 21.5. The number of carbonyl (C=O) groups is 1. The number of nitriles is 1. The molecule has 1 aliphatic rings. The fraction of sp³-hybridized carbons (Fsp3) is 0.281. The fourth-order valence-corrected chi connectivity index (χ4v) is 5.52. The van der Waals surface area contributed by atoms with Crippen molar-refractivity contribution in [3.8, 4) is 28.6 Å². The van der Waals surface area contributed by atoms with E-state index >= 15 is 0 Å². The summed E-state index contributed by atoms with van der Waals surface area (Å²) >= 11 is 0. The summed E-state index contributed by atoms with van der Waals surface area (Å²) in [7, 11) is 3.70. The third-order valence-corrected chi connectivity index (χ3v) is 7.80. The molecule has 0 radical (unpaired) electrons. The van der Waals surface area contributed by atoms with Crippen molar-refractivity contribution in [3.05, 3.63) is 90.6 Å². The molecule has 4 aromatic heterocycles. The summed E-state index contributed by atoms with van der Waals surface area (Å²) in [6.45, 7) is 0.426. The normalized spacial score (nSPS) is 16.2. The smallest absolute Gasteiger partial charge is 0.323 e. The number of aromatic nitrogens is 7. The lowest BCUT2D eigenvalue weighted by Gasteiger charge is -2.36. The number of hydrogen-bond donors (Lipinski definition) is 2. The molecule has 1 aromatic carbocycles. The van der Waals surface area contributed by atoms with Gasteiger partial charge >= 0.3 is 6.03 Å². The Labute approximate surface area is 255 Å². The van der Waals surface area contributed by atoms with Gasteiger partial charge in [-0.1, -0.05) is 30.3 Å². The molecule has 2 amide bonds.